The molecule has 0 saturated heterocycles. The number of hydrogen-bond acceptors (Lipinski definition) is 5. The average Bonchev–Trinajstić information content (AvgIpc) is 2.45. The van der Waals surface area contributed by atoms with Crippen molar-refractivity contribution in [3.05, 3.63) is 28.2 Å². The summed E-state index contributed by atoms with van der Waals surface area (Å²) in [5.74, 6) is -0.183. The molecule has 0 fully saturated rings. The summed E-state index contributed by atoms with van der Waals surface area (Å²) in [4.78, 5) is 13.2. The number of nitrogens with zero attached hydrogens (tertiary/aromatic N) is 1. The molecule has 0 aliphatic rings. The largest absolute Gasteiger partial charge is 0.488 e. The molecular weight excluding hydrogens is 329 g/mol. The van der Waals surface area contributed by atoms with Crippen LogP contribution in [0.5, 0.6) is 5.75 Å². The molecule has 0 spiro atoms. The number of likely N-dealkylation sites (N-methyl/N-ethyl adjacent to an activating group) is 1. The zero-order chi connectivity index (χ0) is 16.7. The van der Waals surface area contributed by atoms with Crippen molar-refractivity contribution < 1.29 is 19.4 Å². The van der Waals surface area contributed by atoms with Crippen molar-refractivity contribution in [2.45, 2.75) is 13.0 Å². The van der Waals surface area contributed by atoms with Crippen LogP contribution in [0.25, 0.3) is 0 Å². The number of aliphatic hydroxyl groups is 1. The highest BCUT2D eigenvalue weighted by Crippen LogP contribution is 2.32. The zero-order valence-corrected chi connectivity index (χ0v) is 14.4. The van der Waals surface area contributed by atoms with Crippen LogP contribution in [0.4, 0.5) is 0 Å². The van der Waals surface area contributed by atoms with Gasteiger partial charge in [0, 0.05) is 13.1 Å². The Morgan fingerprint density at radius 1 is 1.32 bits per heavy atom. The third-order valence-electron chi connectivity index (χ3n) is 3.05. The predicted molar refractivity (Wildman–Crippen MR) is 86.6 cm³/mol. The molecule has 2 atom stereocenters. The number of ether oxygens (including phenoxy) is 2. The van der Waals surface area contributed by atoms with E-state index in [2.05, 4.69) is 4.74 Å². The van der Waals surface area contributed by atoms with Gasteiger partial charge in [-0.05, 0) is 19.2 Å². The zero-order valence-electron chi connectivity index (χ0n) is 12.9. The van der Waals surface area contributed by atoms with Gasteiger partial charge in [0.15, 0.2) is 5.75 Å². The van der Waals surface area contributed by atoms with Gasteiger partial charge in [-0.3, -0.25) is 4.79 Å². The van der Waals surface area contributed by atoms with Crippen LogP contribution in [0.2, 0.25) is 10.0 Å². The van der Waals surface area contributed by atoms with Crippen molar-refractivity contribution in [2.75, 3.05) is 33.9 Å². The molecule has 0 bridgehead atoms. The number of methoxy groups -OCH3 is 1. The van der Waals surface area contributed by atoms with Crippen LogP contribution in [-0.4, -0.2) is 55.9 Å². The summed E-state index contributed by atoms with van der Waals surface area (Å²) in [6.07, 6.45) is -0.734. The molecule has 0 heterocycles. The second kappa shape index (κ2) is 9.20. The van der Waals surface area contributed by atoms with Gasteiger partial charge >= 0.3 is 5.97 Å². The summed E-state index contributed by atoms with van der Waals surface area (Å²) in [6, 6.07) is 5.05. The summed E-state index contributed by atoms with van der Waals surface area (Å²) >= 11 is 12.0. The molecule has 124 valence electrons. The molecule has 1 N–H and O–H groups in total. The van der Waals surface area contributed by atoms with Gasteiger partial charge in [0.2, 0.25) is 0 Å². The van der Waals surface area contributed by atoms with Gasteiger partial charge < -0.3 is 19.5 Å². The lowest BCUT2D eigenvalue weighted by Crippen LogP contribution is -2.37. The van der Waals surface area contributed by atoms with Crippen LogP contribution in [0.3, 0.4) is 0 Å². The van der Waals surface area contributed by atoms with Crippen LogP contribution in [-0.2, 0) is 9.53 Å². The van der Waals surface area contributed by atoms with Crippen molar-refractivity contribution in [1.29, 1.82) is 0 Å². The summed E-state index contributed by atoms with van der Waals surface area (Å²) in [7, 11) is 3.17. The second-order valence-corrected chi connectivity index (χ2v) is 5.98. The number of esters is 1. The number of carbonyl (C=O) groups excluding carboxylic acids is 1. The van der Waals surface area contributed by atoms with Gasteiger partial charge in [-0.15, -0.1) is 0 Å². The van der Waals surface area contributed by atoms with Crippen LogP contribution in [0.15, 0.2) is 18.2 Å². The topological polar surface area (TPSA) is 59.0 Å². The van der Waals surface area contributed by atoms with Gasteiger partial charge in [-0.25, -0.2) is 0 Å². The normalized spacial score (nSPS) is 13.8. The van der Waals surface area contributed by atoms with E-state index in [9.17, 15) is 9.90 Å². The predicted octanol–water partition coefficient (Wildman–Crippen LogP) is 2.47. The van der Waals surface area contributed by atoms with Gasteiger partial charge in [0.25, 0.3) is 0 Å². The standard InChI is InChI=1S/C15H21Cl2NO4/c1-10(15(20)21-3)7-18(2)8-11(19)9-22-14-12(16)5-4-6-13(14)17/h4-6,10-11,19H,7-9H2,1-3H3. The summed E-state index contributed by atoms with van der Waals surface area (Å²) < 4.78 is 10.1. The Hall–Kier alpha value is -1.01. The monoisotopic (exact) mass is 349 g/mol. The fourth-order valence-corrected chi connectivity index (χ4v) is 2.54. The van der Waals surface area contributed by atoms with E-state index in [1.165, 1.54) is 7.11 Å². The Kier molecular flexibility index (Phi) is 7.96. The lowest BCUT2D eigenvalue weighted by Gasteiger charge is -2.23. The van der Waals surface area contributed by atoms with Crippen molar-refractivity contribution >= 4 is 29.2 Å². The van der Waals surface area contributed by atoms with E-state index < -0.39 is 6.10 Å². The molecule has 0 aliphatic carbocycles. The van der Waals surface area contributed by atoms with Gasteiger partial charge in [0.1, 0.15) is 12.7 Å². The first-order valence-corrected chi connectivity index (χ1v) is 7.62. The molecule has 2 unspecified atom stereocenters. The van der Waals surface area contributed by atoms with E-state index >= 15 is 0 Å². The Morgan fingerprint density at radius 3 is 2.45 bits per heavy atom. The highest BCUT2D eigenvalue weighted by molar-refractivity contribution is 6.37. The van der Waals surface area contributed by atoms with Crippen LogP contribution >= 0.6 is 23.2 Å². The second-order valence-electron chi connectivity index (χ2n) is 5.16. The number of aliphatic hydroxyl groups excluding tert-OH is 1. The molecule has 5 nitrogen and oxygen atoms in total. The first-order chi connectivity index (χ1) is 10.3. The molecule has 0 amide bonds. The molecule has 1 aromatic carbocycles. The fourth-order valence-electron chi connectivity index (χ4n) is 2.03. The molecule has 1 aromatic rings. The van der Waals surface area contributed by atoms with Crippen LogP contribution in [0.1, 0.15) is 6.92 Å². The number of hydrogen-bond donors (Lipinski definition) is 1. The Balaban J connectivity index is 2.43. The number of benzene rings is 1. The Bertz CT molecular complexity index is 478. The minimum atomic E-state index is -0.734. The minimum absolute atomic E-state index is 0.0560. The summed E-state index contributed by atoms with van der Waals surface area (Å²) in [5.41, 5.74) is 0. The van der Waals surface area contributed by atoms with Gasteiger partial charge in [0.05, 0.1) is 23.1 Å². The molecule has 22 heavy (non-hydrogen) atoms. The Labute approximate surface area is 140 Å². The average molecular weight is 350 g/mol. The van der Waals surface area contributed by atoms with Crippen LogP contribution < -0.4 is 4.74 Å². The third-order valence-corrected chi connectivity index (χ3v) is 3.65. The summed E-state index contributed by atoms with van der Waals surface area (Å²) in [5, 5.41) is 10.8. The van der Waals surface area contributed by atoms with E-state index in [1.807, 2.05) is 11.9 Å². The number of rotatable bonds is 8. The lowest BCUT2D eigenvalue weighted by atomic mass is 10.1. The number of carbonyl (C=O) groups is 1. The molecule has 0 saturated carbocycles. The number of halogens is 2. The molecule has 7 heteroatoms. The summed E-state index contributed by atoms with van der Waals surface area (Å²) in [6.45, 7) is 2.66. The van der Waals surface area contributed by atoms with Crippen molar-refractivity contribution in [3.8, 4) is 5.75 Å². The fraction of sp³-hybridized carbons (Fsp3) is 0.533. The van der Waals surface area contributed by atoms with Crippen molar-refractivity contribution in [1.82, 2.24) is 4.90 Å². The Morgan fingerprint density at radius 2 is 1.91 bits per heavy atom. The van der Waals surface area contributed by atoms with Crippen LogP contribution in [0, 0.1) is 5.92 Å². The SMILES string of the molecule is COC(=O)C(C)CN(C)CC(O)COc1c(Cl)cccc1Cl. The maximum atomic E-state index is 11.4. The first-order valence-electron chi connectivity index (χ1n) is 6.86. The van der Waals surface area contributed by atoms with E-state index in [0.29, 0.717) is 28.9 Å². The molecule has 1 rings (SSSR count). The van der Waals surface area contributed by atoms with E-state index in [-0.39, 0.29) is 18.5 Å². The van der Waals surface area contributed by atoms with Gasteiger partial charge in [-0.1, -0.05) is 36.2 Å². The van der Waals surface area contributed by atoms with Crippen molar-refractivity contribution in [3.63, 3.8) is 0 Å². The highest BCUT2D eigenvalue weighted by Gasteiger charge is 2.18. The maximum Gasteiger partial charge on any atom is 0.309 e. The van der Waals surface area contributed by atoms with E-state index in [0.717, 1.165) is 0 Å². The number of para-hydroxylation sites is 1. The van der Waals surface area contributed by atoms with Crippen molar-refractivity contribution in [2.24, 2.45) is 5.92 Å². The van der Waals surface area contributed by atoms with E-state index in [1.54, 1.807) is 25.1 Å². The van der Waals surface area contributed by atoms with E-state index in [4.69, 9.17) is 27.9 Å². The quantitative estimate of drug-likeness (QED) is 0.730. The molecular formula is C15H21Cl2NO4. The minimum Gasteiger partial charge on any atom is -0.488 e. The first kappa shape index (κ1) is 19.0. The molecule has 0 aliphatic heterocycles. The molecule has 0 aromatic heterocycles. The lowest BCUT2D eigenvalue weighted by molar-refractivity contribution is -0.145. The highest BCUT2D eigenvalue weighted by atomic mass is 35.5. The third kappa shape index (κ3) is 6.01. The maximum absolute atomic E-state index is 11.4. The smallest absolute Gasteiger partial charge is 0.309 e. The van der Waals surface area contributed by atoms with Gasteiger partial charge in [-0.2, -0.15) is 0 Å². The molecule has 0 radical (unpaired) electrons.